The lowest BCUT2D eigenvalue weighted by Crippen LogP contribution is -2.27. The van der Waals surface area contributed by atoms with Crippen LogP contribution in [-0.4, -0.2) is 33.0 Å². The van der Waals surface area contributed by atoms with E-state index in [9.17, 15) is 31.5 Å². The maximum atomic E-state index is 15.0. The number of aromatic nitrogens is 3. The Kier molecular flexibility index (Phi) is 5.91. The van der Waals surface area contributed by atoms with Crippen molar-refractivity contribution in [1.29, 1.82) is 0 Å². The molecule has 0 bridgehead atoms. The van der Waals surface area contributed by atoms with E-state index in [-0.39, 0.29) is 5.69 Å². The Morgan fingerprint density at radius 2 is 1.88 bits per heavy atom. The SMILES string of the molecule is O=C(Nc1ccccc1F)c1cc(F)c(-n2nc3n(c2=O)CCCC3)cc1OCC(F)(F)F. The zero-order valence-corrected chi connectivity index (χ0v) is 17.0. The molecule has 0 radical (unpaired) electrons. The first kappa shape index (κ1) is 22.5. The third-order valence-electron chi connectivity index (χ3n) is 5.01. The Labute approximate surface area is 183 Å². The Hall–Kier alpha value is -3.70. The number of aryl methyl sites for hydroxylation is 1. The molecule has 0 unspecified atom stereocenters. The van der Waals surface area contributed by atoms with E-state index in [2.05, 4.69) is 10.4 Å². The van der Waals surface area contributed by atoms with Gasteiger partial charge in [-0.3, -0.25) is 9.36 Å². The summed E-state index contributed by atoms with van der Waals surface area (Å²) in [6.07, 6.45) is -2.74. The molecule has 33 heavy (non-hydrogen) atoms. The number of hydrogen-bond donors (Lipinski definition) is 1. The summed E-state index contributed by atoms with van der Waals surface area (Å²) < 4.78 is 74.0. The fourth-order valence-corrected chi connectivity index (χ4v) is 3.47. The summed E-state index contributed by atoms with van der Waals surface area (Å²) in [5, 5.41) is 6.26. The molecule has 0 fully saturated rings. The Morgan fingerprint density at radius 3 is 2.58 bits per heavy atom. The first-order valence-corrected chi connectivity index (χ1v) is 9.92. The highest BCUT2D eigenvalue weighted by molar-refractivity contribution is 6.06. The maximum Gasteiger partial charge on any atom is 0.422 e. The maximum absolute atomic E-state index is 15.0. The molecule has 0 aliphatic carbocycles. The van der Waals surface area contributed by atoms with Crippen LogP contribution < -0.4 is 15.7 Å². The van der Waals surface area contributed by atoms with Crippen molar-refractivity contribution in [3.8, 4) is 11.4 Å². The summed E-state index contributed by atoms with van der Waals surface area (Å²) in [6, 6.07) is 6.52. The molecule has 12 heteroatoms. The minimum atomic E-state index is -4.75. The number of para-hydroxylation sites is 1. The van der Waals surface area contributed by atoms with Crippen LogP contribution in [0.5, 0.6) is 5.75 Å². The number of nitrogens with zero attached hydrogens (tertiary/aromatic N) is 3. The van der Waals surface area contributed by atoms with E-state index in [4.69, 9.17) is 4.74 Å². The number of carbonyl (C=O) groups is 1. The smallest absolute Gasteiger partial charge is 0.422 e. The monoisotopic (exact) mass is 468 g/mol. The number of carbonyl (C=O) groups excluding carboxylic acids is 1. The normalized spacial score (nSPS) is 13.5. The van der Waals surface area contributed by atoms with Gasteiger partial charge in [-0.2, -0.15) is 17.9 Å². The largest absolute Gasteiger partial charge is 0.483 e. The summed E-state index contributed by atoms with van der Waals surface area (Å²) in [6.45, 7) is -1.39. The van der Waals surface area contributed by atoms with Gasteiger partial charge in [-0.25, -0.2) is 13.6 Å². The molecule has 1 N–H and O–H groups in total. The average Bonchev–Trinajstić information content (AvgIpc) is 3.10. The van der Waals surface area contributed by atoms with Gasteiger partial charge in [0, 0.05) is 19.0 Å². The molecule has 2 aromatic carbocycles. The van der Waals surface area contributed by atoms with Crippen LogP contribution in [0.2, 0.25) is 0 Å². The van der Waals surface area contributed by atoms with Crippen molar-refractivity contribution in [2.24, 2.45) is 0 Å². The second kappa shape index (κ2) is 8.68. The van der Waals surface area contributed by atoms with Gasteiger partial charge in [-0.05, 0) is 31.0 Å². The first-order valence-electron chi connectivity index (χ1n) is 9.92. The minimum absolute atomic E-state index is 0.258. The van der Waals surface area contributed by atoms with Gasteiger partial charge in [0.2, 0.25) is 0 Å². The van der Waals surface area contributed by atoms with Crippen molar-refractivity contribution in [1.82, 2.24) is 14.3 Å². The van der Waals surface area contributed by atoms with Crippen molar-refractivity contribution < 1.29 is 31.5 Å². The molecule has 1 aromatic heterocycles. The number of anilines is 1. The van der Waals surface area contributed by atoms with Crippen LogP contribution >= 0.6 is 0 Å². The summed E-state index contributed by atoms with van der Waals surface area (Å²) in [5.74, 6) is -3.21. The van der Waals surface area contributed by atoms with Crippen LogP contribution in [0, 0.1) is 11.6 Å². The summed E-state index contributed by atoms with van der Waals surface area (Å²) in [7, 11) is 0. The lowest BCUT2D eigenvalue weighted by Gasteiger charge is -2.15. The third-order valence-corrected chi connectivity index (χ3v) is 5.01. The van der Waals surface area contributed by atoms with Gasteiger partial charge in [-0.1, -0.05) is 12.1 Å². The molecule has 4 rings (SSSR count). The topological polar surface area (TPSA) is 78.2 Å². The van der Waals surface area contributed by atoms with E-state index < -0.39 is 53.0 Å². The number of benzene rings is 2. The van der Waals surface area contributed by atoms with Crippen molar-refractivity contribution in [2.75, 3.05) is 11.9 Å². The minimum Gasteiger partial charge on any atom is -0.483 e. The predicted molar refractivity (Wildman–Crippen MR) is 107 cm³/mol. The van der Waals surface area contributed by atoms with E-state index in [1.54, 1.807) is 0 Å². The van der Waals surface area contributed by atoms with Crippen molar-refractivity contribution >= 4 is 11.6 Å². The van der Waals surface area contributed by atoms with Crippen LogP contribution in [0.4, 0.5) is 27.6 Å². The highest BCUT2D eigenvalue weighted by Gasteiger charge is 2.30. The van der Waals surface area contributed by atoms with Crippen LogP contribution in [0.3, 0.4) is 0 Å². The molecular formula is C21H17F5N4O3. The lowest BCUT2D eigenvalue weighted by molar-refractivity contribution is -0.153. The standard InChI is InChI=1S/C21H17F5N4O3/c22-13-5-1-2-6-15(13)27-19(31)12-9-14(23)16(10-17(12)33-11-21(24,25)26)30-20(32)29-8-4-3-7-18(29)28-30/h1-2,5-6,9-10H,3-4,7-8,11H2,(H,27,31). The fraction of sp³-hybridized carbons (Fsp3) is 0.286. The first-order chi connectivity index (χ1) is 15.6. The number of nitrogens with one attached hydrogen (secondary N) is 1. The van der Waals surface area contributed by atoms with Gasteiger partial charge < -0.3 is 10.1 Å². The summed E-state index contributed by atoms with van der Waals surface area (Å²) in [4.78, 5) is 25.3. The number of alkyl halides is 3. The molecule has 0 atom stereocenters. The fourth-order valence-electron chi connectivity index (χ4n) is 3.47. The molecule has 0 saturated carbocycles. The number of ether oxygens (including phenoxy) is 1. The predicted octanol–water partition coefficient (Wildman–Crippen LogP) is 3.84. The van der Waals surface area contributed by atoms with Gasteiger partial charge in [0.1, 0.15) is 28.9 Å². The number of fused-ring (bicyclic) bond motifs is 1. The van der Waals surface area contributed by atoms with Gasteiger partial charge in [-0.15, -0.1) is 5.10 Å². The Balaban J connectivity index is 1.76. The van der Waals surface area contributed by atoms with Crippen LogP contribution in [0.25, 0.3) is 5.69 Å². The number of rotatable bonds is 5. The second-order valence-electron chi connectivity index (χ2n) is 7.36. The number of halogens is 5. The van der Waals surface area contributed by atoms with Gasteiger partial charge in [0.15, 0.2) is 6.61 Å². The zero-order valence-electron chi connectivity index (χ0n) is 17.0. The van der Waals surface area contributed by atoms with E-state index in [0.29, 0.717) is 24.9 Å². The number of amides is 1. The molecule has 0 spiro atoms. The van der Waals surface area contributed by atoms with E-state index in [0.717, 1.165) is 29.7 Å². The lowest BCUT2D eigenvalue weighted by atomic mass is 10.1. The number of hydrogen-bond acceptors (Lipinski definition) is 4. The molecule has 174 valence electrons. The van der Waals surface area contributed by atoms with Crippen molar-refractivity contribution in [3.05, 3.63) is 69.9 Å². The molecule has 1 amide bonds. The molecule has 2 heterocycles. The van der Waals surface area contributed by atoms with Crippen LogP contribution in [0.1, 0.15) is 29.0 Å². The molecule has 7 nitrogen and oxygen atoms in total. The van der Waals surface area contributed by atoms with Crippen molar-refractivity contribution in [3.63, 3.8) is 0 Å². The van der Waals surface area contributed by atoms with E-state index in [1.807, 2.05) is 0 Å². The quantitative estimate of drug-likeness (QED) is 0.578. The van der Waals surface area contributed by atoms with E-state index in [1.165, 1.54) is 22.8 Å². The highest BCUT2D eigenvalue weighted by Crippen LogP contribution is 2.29. The summed E-state index contributed by atoms with van der Waals surface area (Å²) in [5.41, 5.74) is -2.00. The van der Waals surface area contributed by atoms with Gasteiger partial charge in [0.05, 0.1) is 11.3 Å². The highest BCUT2D eigenvalue weighted by atomic mass is 19.4. The van der Waals surface area contributed by atoms with Gasteiger partial charge in [0.25, 0.3) is 5.91 Å². The molecule has 1 aliphatic rings. The average molecular weight is 468 g/mol. The molecular weight excluding hydrogens is 451 g/mol. The second-order valence-corrected chi connectivity index (χ2v) is 7.36. The van der Waals surface area contributed by atoms with Crippen LogP contribution in [0.15, 0.2) is 41.2 Å². The zero-order chi connectivity index (χ0) is 23.8. The van der Waals surface area contributed by atoms with Crippen molar-refractivity contribution in [2.45, 2.75) is 32.0 Å². The summed E-state index contributed by atoms with van der Waals surface area (Å²) >= 11 is 0. The van der Waals surface area contributed by atoms with Gasteiger partial charge >= 0.3 is 11.9 Å². The molecule has 3 aromatic rings. The molecule has 1 aliphatic heterocycles. The molecule has 0 saturated heterocycles. The Morgan fingerprint density at radius 1 is 1.12 bits per heavy atom. The third kappa shape index (κ3) is 4.73. The van der Waals surface area contributed by atoms with E-state index >= 15 is 0 Å². The Bertz CT molecular complexity index is 1270. The van der Waals surface area contributed by atoms with Crippen LogP contribution in [-0.2, 0) is 13.0 Å².